The summed E-state index contributed by atoms with van der Waals surface area (Å²) in [5, 5.41) is 2.37. The van der Waals surface area contributed by atoms with Crippen LogP contribution in [0.1, 0.15) is 35.4 Å². The van der Waals surface area contributed by atoms with Gasteiger partial charge >= 0.3 is 0 Å². The van der Waals surface area contributed by atoms with Crippen molar-refractivity contribution >= 4 is 21.8 Å². The molecule has 1 unspecified atom stereocenters. The Morgan fingerprint density at radius 2 is 1.68 bits per heavy atom. The molecule has 1 atom stereocenters. The predicted molar refractivity (Wildman–Crippen MR) is 139 cm³/mol. The summed E-state index contributed by atoms with van der Waals surface area (Å²) in [6.45, 7) is 7.73. The average molecular weight is 451 g/mol. The fraction of sp³-hybridized carbons (Fsp3) is 0.233. The van der Waals surface area contributed by atoms with Crippen molar-refractivity contribution in [2.45, 2.75) is 33.2 Å². The van der Waals surface area contributed by atoms with E-state index in [0.717, 1.165) is 40.5 Å². The summed E-state index contributed by atoms with van der Waals surface area (Å²) in [7, 11) is 1.70. The Morgan fingerprint density at radius 1 is 0.882 bits per heavy atom. The molecule has 0 aliphatic rings. The van der Waals surface area contributed by atoms with Crippen LogP contribution in [-0.2, 0) is 6.54 Å². The maximum absolute atomic E-state index is 6.20. The number of fused-ring (bicyclic) bond motifs is 2. The first kappa shape index (κ1) is 22.0. The van der Waals surface area contributed by atoms with Gasteiger partial charge in [-0.1, -0.05) is 55.5 Å². The van der Waals surface area contributed by atoms with Crippen LogP contribution in [0.15, 0.2) is 78.9 Å². The average Bonchev–Trinajstić information content (AvgIpc) is 3.23. The summed E-state index contributed by atoms with van der Waals surface area (Å²) in [5.41, 5.74) is 5.75. The van der Waals surface area contributed by atoms with Gasteiger partial charge in [-0.15, -0.1) is 0 Å². The molecule has 0 N–H and O–H groups in total. The zero-order valence-corrected chi connectivity index (χ0v) is 20.2. The Labute approximate surface area is 200 Å². The molecule has 0 saturated carbocycles. The summed E-state index contributed by atoms with van der Waals surface area (Å²) >= 11 is 0. The lowest BCUT2D eigenvalue weighted by Gasteiger charge is -2.17. The van der Waals surface area contributed by atoms with Gasteiger partial charge in [0.1, 0.15) is 23.9 Å². The van der Waals surface area contributed by atoms with E-state index in [0.29, 0.717) is 6.61 Å². The first-order valence-electron chi connectivity index (χ1n) is 11.8. The van der Waals surface area contributed by atoms with Crippen molar-refractivity contribution in [1.82, 2.24) is 9.55 Å². The minimum atomic E-state index is 0.139. The zero-order valence-electron chi connectivity index (χ0n) is 20.2. The molecule has 1 heterocycles. The quantitative estimate of drug-likeness (QED) is 0.267. The van der Waals surface area contributed by atoms with Crippen molar-refractivity contribution in [3.05, 3.63) is 101 Å². The first-order chi connectivity index (χ1) is 16.5. The van der Waals surface area contributed by atoms with Crippen molar-refractivity contribution in [1.29, 1.82) is 0 Å². The molecule has 5 aromatic rings. The molecule has 4 aromatic carbocycles. The maximum atomic E-state index is 6.20. The van der Waals surface area contributed by atoms with E-state index in [2.05, 4.69) is 92.1 Å². The second kappa shape index (κ2) is 9.22. The van der Waals surface area contributed by atoms with Gasteiger partial charge in [-0.2, -0.15) is 0 Å². The van der Waals surface area contributed by atoms with Crippen molar-refractivity contribution in [3.63, 3.8) is 0 Å². The van der Waals surface area contributed by atoms with E-state index in [1.54, 1.807) is 7.11 Å². The molecule has 4 nitrogen and oxygen atoms in total. The number of para-hydroxylation sites is 2. The van der Waals surface area contributed by atoms with Crippen molar-refractivity contribution in [3.8, 4) is 11.5 Å². The summed E-state index contributed by atoms with van der Waals surface area (Å²) in [5.74, 6) is 3.01. The van der Waals surface area contributed by atoms with Crippen molar-refractivity contribution < 1.29 is 9.47 Å². The Morgan fingerprint density at radius 3 is 2.53 bits per heavy atom. The first-order valence-corrected chi connectivity index (χ1v) is 11.8. The van der Waals surface area contributed by atoms with Crippen LogP contribution in [0, 0.1) is 13.8 Å². The lowest BCUT2D eigenvalue weighted by atomic mass is 9.97. The number of aryl methyl sites for hydroxylation is 2. The minimum absolute atomic E-state index is 0.139. The van der Waals surface area contributed by atoms with E-state index < -0.39 is 0 Å². The molecule has 0 spiro atoms. The number of nitrogens with zero attached hydrogens (tertiary/aromatic N) is 2. The van der Waals surface area contributed by atoms with Crippen LogP contribution >= 0.6 is 0 Å². The number of benzene rings is 4. The fourth-order valence-corrected chi connectivity index (χ4v) is 4.56. The number of methoxy groups -OCH3 is 1. The van der Waals surface area contributed by atoms with Crippen molar-refractivity contribution in [2.24, 2.45) is 0 Å². The molecule has 5 rings (SSSR count). The van der Waals surface area contributed by atoms with Gasteiger partial charge in [0.2, 0.25) is 0 Å². The number of hydrogen-bond donors (Lipinski definition) is 0. The summed E-state index contributed by atoms with van der Waals surface area (Å²) < 4.78 is 13.9. The molecular weight excluding hydrogens is 420 g/mol. The molecule has 4 heteroatoms. The molecule has 0 saturated heterocycles. The maximum Gasteiger partial charge on any atom is 0.122 e. The van der Waals surface area contributed by atoms with Gasteiger partial charge in [-0.25, -0.2) is 4.98 Å². The highest BCUT2D eigenvalue weighted by molar-refractivity contribution is 5.85. The van der Waals surface area contributed by atoms with Crippen LogP contribution in [0.2, 0.25) is 0 Å². The monoisotopic (exact) mass is 450 g/mol. The van der Waals surface area contributed by atoms with E-state index in [9.17, 15) is 0 Å². The third kappa shape index (κ3) is 4.24. The zero-order chi connectivity index (χ0) is 23.7. The Balaban J connectivity index is 1.46. The topological polar surface area (TPSA) is 36.3 Å². The van der Waals surface area contributed by atoms with Crippen LogP contribution in [-0.4, -0.2) is 23.3 Å². The second-order valence-electron chi connectivity index (χ2n) is 8.92. The Kier molecular flexibility index (Phi) is 5.97. The standard InChI is InChI=1S/C30H30N2O2/c1-20-9-10-21(2)29(17-20)34-16-15-32-28-8-6-5-7-27(28)31-30(32)22(3)23-11-12-25-19-26(33-4)14-13-24(25)18-23/h5-14,17-19,22H,15-16H2,1-4H3. The molecule has 0 aliphatic carbocycles. The van der Waals surface area contributed by atoms with Crippen LogP contribution < -0.4 is 9.47 Å². The molecular formula is C30H30N2O2. The largest absolute Gasteiger partial charge is 0.497 e. The van der Waals surface area contributed by atoms with Crippen LogP contribution in [0.4, 0.5) is 0 Å². The summed E-state index contributed by atoms with van der Waals surface area (Å²) in [6, 6.07) is 27.5. The third-order valence-electron chi connectivity index (χ3n) is 6.56. The van der Waals surface area contributed by atoms with Gasteiger partial charge in [-0.05, 0) is 71.6 Å². The number of rotatable bonds is 7. The van der Waals surface area contributed by atoms with Gasteiger partial charge in [-0.3, -0.25) is 0 Å². The molecule has 172 valence electrons. The van der Waals surface area contributed by atoms with Gasteiger partial charge in [0, 0.05) is 5.92 Å². The highest BCUT2D eigenvalue weighted by Crippen LogP contribution is 2.31. The lowest BCUT2D eigenvalue weighted by Crippen LogP contribution is -2.14. The second-order valence-corrected chi connectivity index (χ2v) is 8.92. The van der Waals surface area contributed by atoms with Crippen LogP contribution in [0.5, 0.6) is 11.5 Å². The van der Waals surface area contributed by atoms with E-state index >= 15 is 0 Å². The predicted octanol–water partition coefficient (Wildman–Crippen LogP) is 7.05. The number of hydrogen-bond acceptors (Lipinski definition) is 3. The lowest BCUT2D eigenvalue weighted by molar-refractivity contribution is 0.296. The van der Waals surface area contributed by atoms with E-state index in [4.69, 9.17) is 14.5 Å². The molecule has 0 amide bonds. The smallest absolute Gasteiger partial charge is 0.122 e. The molecule has 0 fully saturated rings. The van der Waals surface area contributed by atoms with Crippen molar-refractivity contribution in [2.75, 3.05) is 13.7 Å². The number of imidazole rings is 1. The van der Waals surface area contributed by atoms with Crippen LogP contribution in [0.3, 0.4) is 0 Å². The molecule has 0 bridgehead atoms. The highest BCUT2D eigenvalue weighted by Gasteiger charge is 2.19. The van der Waals surface area contributed by atoms with Gasteiger partial charge < -0.3 is 14.0 Å². The Hall–Kier alpha value is -3.79. The minimum Gasteiger partial charge on any atom is -0.497 e. The highest BCUT2D eigenvalue weighted by atomic mass is 16.5. The van der Waals surface area contributed by atoms with E-state index in [1.165, 1.54) is 21.9 Å². The normalized spacial score (nSPS) is 12.2. The molecule has 0 radical (unpaired) electrons. The fourth-order valence-electron chi connectivity index (χ4n) is 4.56. The molecule has 0 aliphatic heterocycles. The number of ether oxygens (including phenoxy) is 2. The number of aromatic nitrogens is 2. The molecule has 1 aromatic heterocycles. The van der Waals surface area contributed by atoms with Crippen LogP contribution in [0.25, 0.3) is 21.8 Å². The van der Waals surface area contributed by atoms with Gasteiger partial charge in [0.05, 0.1) is 24.7 Å². The van der Waals surface area contributed by atoms with E-state index in [1.807, 2.05) is 12.1 Å². The third-order valence-corrected chi connectivity index (χ3v) is 6.56. The summed E-state index contributed by atoms with van der Waals surface area (Å²) in [6.07, 6.45) is 0. The SMILES string of the molecule is COc1ccc2cc(C(C)c3nc4ccccc4n3CCOc3cc(C)ccc3C)ccc2c1. The van der Waals surface area contributed by atoms with Gasteiger partial charge in [0.25, 0.3) is 0 Å². The Bertz CT molecular complexity index is 1470. The summed E-state index contributed by atoms with van der Waals surface area (Å²) in [4.78, 5) is 5.04. The molecule has 34 heavy (non-hydrogen) atoms. The van der Waals surface area contributed by atoms with E-state index in [-0.39, 0.29) is 5.92 Å². The van der Waals surface area contributed by atoms with Gasteiger partial charge in [0.15, 0.2) is 0 Å².